The van der Waals surface area contributed by atoms with Crippen molar-refractivity contribution < 1.29 is 14.7 Å². The lowest BCUT2D eigenvalue weighted by atomic mass is 9.68. The zero-order chi connectivity index (χ0) is 34.1. The third-order valence-electron chi connectivity index (χ3n) is 10.4. The highest BCUT2D eigenvalue weighted by Crippen LogP contribution is 2.41. The lowest BCUT2D eigenvalue weighted by Crippen LogP contribution is -2.48. The van der Waals surface area contributed by atoms with Crippen LogP contribution < -0.4 is 10.6 Å². The molecule has 3 amide bonds. The Bertz CT molecular complexity index is 1600. The van der Waals surface area contributed by atoms with E-state index in [1.165, 1.54) is 0 Å². The monoisotopic (exact) mass is 714 g/mol. The Morgan fingerprint density at radius 3 is 1.88 bits per heavy atom. The van der Waals surface area contributed by atoms with Gasteiger partial charge in [-0.15, -0.1) is 12.4 Å². The van der Waals surface area contributed by atoms with Crippen LogP contribution >= 0.6 is 24.0 Å². The molecule has 0 atom stereocenters. The SMILES string of the molecule is Cl.O=C(CC(CCCN1CCC(O)(c2ccc(Cl)cc2)CC1)(c1ccccc1)c1ccccc1)NC1CCN(C(=O)Nc2ccccc2)CC1. The van der Waals surface area contributed by atoms with Gasteiger partial charge >= 0.3 is 6.03 Å². The zero-order valence-electron chi connectivity index (χ0n) is 28.5. The predicted molar refractivity (Wildman–Crippen MR) is 204 cm³/mol. The summed E-state index contributed by atoms with van der Waals surface area (Å²) in [4.78, 5) is 31.1. The Labute approximate surface area is 307 Å². The van der Waals surface area contributed by atoms with E-state index in [4.69, 9.17) is 11.6 Å². The number of hydrogen-bond acceptors (Lipinski definition) is 4. The summed E-state index contributed by atoms with van der Waals surface area (Å²) in [6.07, 6.45) is 4.84. The van der Waals surface area contributed by atoms with E-state index in [1.807, 2.05) is 71.6 Å². The minimum atomic E-state index is -0.834. The fourth-order valence-corrected chi connectivity index (χ4v) is 7.69. The molecule has 0 aliphatic carbocycles. The number of amides is 3. The molecule has 4 aromatic rings. The van der Waals surface area contributed by atoms with E-state index in [2.05, 4.69) is 64.1 Å². The van der Waals surface area contributed by atoms with Crippen molar-refractivity contribution in [3.63, 3.8) is 0 Å². The molecular formula is C41H48Cl2N4O3. The summed E-state index contributed by atoms with van der Waals surface area (Å²) >= 11 is 6.09. The van der Waals surface area contributed by atoms with Gasteiger partial charge in [0.1, 0.15) is 0 Å². The molecule has 2 heterocycles. The second-order valence-corrected chi connectivity index (χ2v) is 14.0. The number of hydrogen-bond donors (Lipinski definition) is 3. The molecular weight excluding hydrogens is 667 g/mol. The molecule has 0 radical (unpaired) electrons. The molecule has 9 heteroatoms. The third kappa shape index (κ3) is 9.26. The van der Waals surface area contributed by atoms with Crippen LogP contribution in [0, 0.1) is 0 Å². The average molecular weight is 716 g/mol. The van der Waals surface area contributed by atoms with Crippen LogP contribution in [0.1, 0.15) is 61.6 Å². The number of carbonyl (C=O) groups excluding carboxylic acids is 2. The van der Waals surface area contributed by atoms with Crippen LogP contribution in [0.25, 0.3) is 0 Å². The highest BCUT2D eigenvalue weighted by molar-refractivity contribution is 6.30. The van der Waals surface area contributed by atoms with Crippen molar-refractivity contribution in [2.75, 3.05) is 38.0 Å². The predicted octanol–water partition coefficient (Wildman–Crippen LogP) is 8.01. The van der Waals surface area contributed by atoms with Gasteiger partial charge in [-0.25, -0.2) is 4.79 Å². The lowest BCUT2D eigenvalue weighted by molar-refractivity contribution is -0.123. The van der Waals surface area contributed by atoms with E-state index in [-0.39, 0.29) is 30.4 Å². The molecule has 0 aromatic heterocycles. The maximum Gasteiger partial charge on any atom is 0.321 e. The molecule has 2 aliphatic heterocycles. The molecule has 50 heavy (non-hydrogen) atoms. The van der Waals surface area contributed by atoms with E-state index in [9.17, 15) is 14.7 Å². The van der Waals surface area contributed by atoms with Crippen LogP contribution in [0.4, 0.5) is 10.5 Å². The van der Waals surface area contributed by atoms with Gasteiger partial charge in [-0.2, -0.15) is 0 Å². The van der Waals surface area contributed by atoms with Gasteiger partial charge in [0.05, 0.1) is 5.60 Å². The van der Waals surface area contributed by atoms with Gasteiger partial charge in [0.2, 0.25) is 5.91 Å². The van der Waals surface area contributed by atoms with Gasteiger partial charge in [-0.3, -0.25) is 4.79 Å². The first-order valence-electron chi connectivity index (χ1n) is 17.6. The van der Waals surface area contributed by atoms with Gasteiger partial charge in [-0.05, 0) is 86.0 Å². The molecule has 7 nitrogen and oxygen atoms in total. The van der Waals surface area contributed by atoms with E-state index >= 15 is 0 Å². The van der Waals surface area contributed by atoms with E-state index in [0.29, 0.717) is 37.4 Å². The van der Waals surface area contributed by atoms with Crippen molar-refractivity contribution >= 4 is 41.6 Å². The Morgan fingerprint density at radius 1 is 0.780 bits per heavy atom. The third-order valence-corrected chi connectivity index (χ3v) is 10.7. The molecule has 0 bridgehead atoms. The van der Waals surface area contributed by atoms with Crippen molar-refractivity contribution in [3.8, 4) is 0 Å². The second-order valence-electron chi connectivity index (χ2n) is 13.6. The number of anilines is 1. The zero-order valence-corrected chi connectivity index (χ0v) is 30.0. The van der Waals surface area contributed by atoms with Crippen LogP contribution in [0.3, 0.4) is 0 Å². The van der Waals surface area contributed by atoms with Gasteiger partial charge in [0.15, 0.2) is 0 Å². The molecule has 264 valence electrons. The van der Waals surface area contributed by atoms with E-state index in [1.54, 1.807) is 0 Å². The molecule has 2 fully saturated rings. The second kappa shape index (κ2) is 17.4. The van der Waals surface area contributed by atoms with Crippen molar-refractivity contribution in [2.45, 2.75) is 62.0 Å². The van der Waals surface area contributed by atoms with Crippen LogP contribution in [-0.2, 0) is 15.8 Å². The standard InChI is InChI=1S/C41H47ClN4O3.ClH/c42-35-19-17-34(18-20-35)41(49)24-29-45(30-25-41)26-10-23-40(32-11-4-1-5-12-32,33-13-6-2-7-14-33)31-38(47)43-37-21-27-46(28-22-37)39(48)44-36-15-8-3-9-16-36;/h1-9,11-20,37,49H,10,21-31H2,(H,43,47)(H,44,48);1H. The highest BCUT2D eigenvalue weighted by atomic mass is 35.5. The Hall–Kier alpha value is -3.88. The Kier molecular flexibility index (Phi) is 13.0. The summed E-state index contributed by atoms with van der Waals surface area (Å²) < 4.78 is 0. The number of likely N-dealkylation sites (tertiary alicyclic amines) is 2. The number of nitrogens with one attached hydrogen (secondary N) is 2. The van der Waals surface area contributed by atoms with Crippen LogP contribution in [0.5, 0.6) is 0 Å². The lowest BCUT2D eigenvalue weighted by Gasteiger charge is -2.40. The largest absolute Gasteiger partial charge is 0.385 e. The first kappa shape index (κ1) is 37.4. The number of piperidine rings is 2. The van der Waals surface area contributed by atoms with Crippen LogP contribution in [0.2, 0.25) is 5.02 Å². The number of carbonyl (C=O) groups is 2. The minimum absolute atomic E-state index is 0. The normalized spacial score (nSPS) is 16.6. The fraction of sp³-hybridized carbons (Fsp3) is 0.366. The Morgan fingerprint density at radius 2 is 1.32 bits per heavy atom. The first-order valence-corrected chi connectivity index (χ1v) is 17.9. The molecule has 0 unspecified atom stereocenters. The number of benzene rings is 4. The van der Waals surface area contributed by atoms with Crippen LogP contribution in [0.15, 0.2) is 115 Å². The number of aliphatic hydroxyl groups is 1. The molecule has 0 spiro atoms. The fourth-order valence-electron chi connectivity index (χ4n) is 7.57. The quantitative estimate of drug-likeness (QED) is 0.147. The smallest absolute Gasteiger partial charge is 0.321 e. The maximum atomic E-state index is 14.0. The summed E-state index contributed by atoms with van der Waals surface area (Å²) in [6, 6.07) is 37.8. The maximum absolute atomic E-state index is 14.0. The summed E-state index contributed by atoms with van der Waals surface area (Å²) in [5.41, 5.74) is 2.65. The van der Waals surface area contributed by atoms with E-state index in [0.717, 1.165) is 67.7 Å². The molecule has 4 aromatic carbocycles. The minimum Gasteiger partial charge on any atom is -0.385 e. The molecule has 3 N–H and O–H groups in total. The number of halogens is 2. The molecule has 2 aliphatic rings. The Balaban J connectivity index is 0.00000486. The topological polar surface area (TPSA) is 84.9 Å². The van der Waals surface area contributed by atoms with Crippen molar-refractivity contribution in [1.29, 1.82) is 0 Å². The van der Waals surface area contributed by atoms with Gasteiger partial charge in [-0.1, -0.05) is 103 Å². The molecule has 6 rings (SSSR count). The van der Waals surface area contributed by atoms with Crippen LogP contribution in [-0.4, -0.2) is 65.6 Å². The highest BCUT2D eigenvalue weighted by Gasteiger charge is 2.38. The number of nitrogens with zero attached hydrogens (tertiary/aromatic N) is 2. The van der Waals surface area contributed by atoms with E-state index < -0.39 is 11.0 Å². The summed E-state index contributed by atoms with van der Waals surface area (Å²) in [7, 11) is 0. The van der Waals surface area contributed by atoms with Crippen molar-refractivity contribution in [3.05, 3.63) is 137 Å². The number of para-hydroxylation sites is 1. The summed E-state index contributed by atoms with van der Waals surface area (Å²) in [5.74, 6) is 0.0332. The van der Waals surface area contributed by atoms with Crippen molar-refractivity contribution in [2.24, 2.45) is 0 Å². The van der Waals surface area contributed by atoms with Gasteiger partial charge in [0.25, 0.3) is 0 Å². The van der Waals surface area contributed by atoms with Gasteiger partial charge < -0.3 is 25.5 Å². The summed E-state index contributed by atoms with van der Waals surface area (Å²) in [6.45, 7) is 3.70. The molecule has 2 saturated heterocycles. The number of rotatable bonds is 11. The van der Waals surface area contributed by atoms with Crippen molar-refractivity contribution in [1.82, 2.24) is 15.1 Å². The first-order chi connectivity index (χ1) is 23.8. The number of urea groups is 1. The van der Waals surface area contributed by atoms with Gasteiger partial charge in [0, 0.05) is 54.8 Å². The summed E-state index contributed by atoms with van der Waals surface area (Å²) in [5, 5.41) is 18.4. The average Bonchev–Trinajstić information content (AvgIpc) is 3.14. The molecule has 0 saturated carbocycles.